The Morgan fingerprint density at radius 2 is 1.08 bits per heavy atom. The van der Waals surface area contributed by atoms with Crippen LogP contribution in [0.25, 0.3) is 78.3 Å². The van der Waals surface area contributed by atoms with Gasteiger partial charge < -0.3 is 0 Å². The molecule has 0 radical (unpaired) electrons. The van der Waals surface area contributed by atoms with E-state index >= 15 is 0 Å². The van der Waals surface area contributed by atoms with E-state index in [1.54, 1.807) is 6.20 Å². The van der Waals surface area contributed by atoms with Crippen molar-refractivity contribution in [3.63, 3.8) is 0 Å². The minimum absolute atomic E-state index is 0.302. The Hall–Kier alpha value is -6.77. The van der Waals surface area contributed by atoms with Crippen molar-refractivity contribution in [3.8, 4) is 73.6 Å². The van der Waals surface area contributed by atoms with Crippen LogP contribution in [0.15, 0.2) is 152 Å². The number of aromatic nitrogens is 4. The van der Waals surface area contributed by atoms with Crippen molar-refractivity contribution in [1.29, 1.82) is 5.26 Å². The van der Waals surface area contributed by atoms with Gasteiger partial charge in [-0.2, -0.15) is 5.26 Å². The summed E-state index contributed by atoms with van der Waals surface area (Å²) in [5.74, 6) is 1.83. The number of nitrogens with zero attached hydrogens (tertiary/aromatic N) is 5. The lowest BCUT2D eigenvalue weighted by atomic mass is 9.80. The third-order valence-corrected chi connectivity index (χ3v) is 10.0. The van der Waals surface area contributed by atoms with E-state index in [1.165, 1.54) is 27.6 Å². The fourth-order valence-electron chi connectivity index (χ4n) is 7.44. The van der Waals surface area contributed by atoms with Gasteiger partial charge in [0.25, 0.3) is 0 Å². The molecule has 0 saturated heterocycles. The monoisotopic (exact) mass is 653 g/mol. The van der Waals surface area contributed by atoms with Crippen molar-refractivity contribution >= 4 is 10.8 Å². The third kappa shape index (κ3) is 5.17. The molecule has 51 heavy (non-hydrogen) atoms. The molecule has 240 valence electrons. The average Bonchev–Trinajstić information content (AvgIpc) is 3.43. The Morgan fingerprint density at radius 3 is 1.73 bits per heavy atom. The molecule has 0 fully saturated rings. The van der Waals surface area contributed by atoms with Crippen molar-refractivity contribution in [2.24, 2.45) is 0 Å². The van der Waals surface area contributed by atoms with Crippen molar-refractivity contribution in [3.05, 3.63) is 169 Å². The van der Waals surface area contributed by atoms with E-state index < -0.39 is 0 Å². The molecule has 0 amide bonds. The van der Waals surface area contributed by atoms with Crippen molar-refractivity contribution in [2.75, 3.05) is 0 Å². The Bertz CT molecular complexity index is 2600. The SMILES string of the molecule is CC1(C)c2cc(C#N)ccc2-c2c1cc(-c1cc(-c3cccnc3)cc(-c3nc(-c4ccccc4)nc(-c4ccccc4)n3)c1)c1ccccc21. The summed E-state index contributed by atoms with van der Waals surface area (Å²) in [4.78, 5) is 19.6. The highest BCUT2D eigenvalue weighted by molar-refractivity contribution is 6.09. The van der Waals surface area contributed by atoms with Gasteiger partial charge in [0.1, 0.15) is 0 Å². The number of rotatable bonds is 5. The van der Waals surface area contributed by atoms with E-state index in [1.807, 2.05) is 79.0 Å². The lowest BCUT2D eigenvalue weighted by Crippen LogP contribution is -2.15. The highest BCUT2D eigenvalue weighted by Crippen LogP contribution is 2.53. The zero-order valence-electron chi connectivity index (χ0n) is 28.2. The van der Waals surface area contributed by atoms with Crippen LogP contribution in [0.4, 0.5) is 0 Å². The molecule has 0 aliphatic heterocycles. The number of hydrogen-bond acceptors (Lipinski definition) is 5. The van der Waals surface area contributed by atoms with Gasteiger partial charge >= 0.3 is 0 Å². The van der Waals surface area contributed by atoms with E-state index in [-0.39, 0.29) is 5.41 Å². The topological polar surface area (TPSA) is 75.3 Å². The number of pyridine rings is 1. The minimum Gasteiger partial charge on any atom is -0.264 e. The van der Waals surface area contributed by atoms with Crippen molar-refractivity contribution in [2.45, 2.75) is 19.3 Å². The molecule has 9 rings (SSSR count). The van der Waals surface area contributed by atoms with Gasteiger partial charge in [-0.1, -0.05) is 111 Å². The summed E-state index contributed by atoms with van der Waals surface area (Å²) >= 11 is 0. The largest absolute Gasteiger partial charge is 0.264 e. The molecule has 2 aromatic heterocycles. The first-order valence-electron chi connectivity index (χ1n) is 17.0. The lowest BCUT2D eigenvalue weighted by Gasteiger charge is -2.23. The standard InChI is InChI=1S/C46H31N5/c1-46(2)40-22-29(27-47)19-20-38(40)42-37-18-10-9-17-36(37)39(26-41(42)46)34-23-33(32-16-11-21-48-28-32)24-35(25-34)45-50-43(30-12-5-3-6-13-30)49-44(51-45)31-14-7-4-8-15-31/h3-26,28H,1-2H3. The molecular formula is C46H31N5. The average molecular weight is 654 g/mol. The van der Waals surface area contributed by atoms with Crippen LogP contribution >= 0.6 is 0 Å². The smallest absolute Gasteiger partial charge is 0.164 e. The fourth-order valence-corrected chi connectivity index (χ4v) is 7.44. The molecule has 0 bridgehead atoms. The zero-order valence-corrected chi connectivity index (χ0v) is 28.2. The quantitative estimate of drug-likeness (QED) is 0.185. The molecule has 0 atom stereocenters. The van der Waals surface area contributed by atoms with Crippen LogP contribution in [0.2, 0.25) is 0 Å². The maximum Gasteiger partial charge on any atom is 0.164 e. The number of hydrogen-bond donors (Lipinski definition) is 0. The molecule has 6 aromatic carbocycles. The fraction of sp³-hybridized carbons (Fsp3) is 0.0652. The van der Waals surface area contributed by atoms with Crippen LogP contribution in [0.3, 0.4) is 0 Å². The predicted molar refractivity (Wildman–Crippen MR) is 205 cm³/mol. The maximum absolute atomic E-state index is 9.76. The van der Waals surface area contributed by atoms with Crippen LogP contribution in [0.1, 0.15) is 30.5 Å². The van der Waals surface area contributed by atoms with E-state index in [0.29, 0.717) is 23.0 Å². The van der Waals surface area contributed by atoms with E-state index in [9.17, 15) is 5.26 Å². The second kappa shape index (κ2) is 12.0. The van der Waals surface area contributed by atoms with Crippen LogP contribution in [-0.2, 0) is 5.41 Å². The summed E-state index contributed by atoms with van der Waals surface area (Å²) in [6, 6.07) is 50.2. The first-order valence-corrected chi connectivity index (χ1v) is 17.0. The molecule has 0 saturated carbocycles. The summed E-state index contributed by atoms with van der Waals surface area (Å²) in [5.41, 5.74) is 12.1. The number of benzene rings is 6. The molecule has 0 spiro atoms. The Kier molecular flexibility index (Phi) is 7.12. The lowest BCUT2D eigenvalue weighted by molar-refractivity contribution is 0.661. The summed E-state index contributed by atoms with van der Waals surface area (Å²) < 4.78 is 0. The predicted octanol–water partition coefficient (Wildman–Crippen LogP) is 10.9. The Labute approximate surface area is 296 Å². The van der Waals surface area contributed by atoms with Crippen LogP contribution < -0.4 is 0 Å². The summed E-state index contributed by atoms with van der Waals surface area (Å²) in [5, 5.41) is 12.1. The number of fused-ring (bicyclic) bond motifs is 5. The minimum atomic E-state index is -0.302. The van der Waals surface area contributed by atoms with Gasteiger partial charge in [-0.25, -0.2) is 15.0 Å². The van der Waals surface area contributed by atoms with Gasteiger partial charge in [0, 0.05) is 40.1 Å². The van der Waals surface area contributed by atoms with Crippen LogP contribution in [-0.4, -0.2) is 19.9 Å². The number of nitriles is 1. The molecule has 0 N–H and O–H groups in total. The van der Waals surface area contributed by atoms with Gasteiger partial charge in [-0.3, -0.25) is 4.98 Å². The van der Waals surface area contributed by atoms with Crippen LogP contribution in [0.5, 0.6) is 0 Å². The maximum atomic E-state index is 9.76. The van der Waals surface area contributed by atoms with Gasteiger partial charge in [0.05, 0.1) is 11.6 Å². The van der Waals surface area contributed by atoms with E-state index in [4.69, 9.17) is 15.0 Å². The molecular weight excluding hydrogens is 623 g/mol. The second-order valence-corrected chi connectivity index (χ2v) is 13.5. The normalized spacial score (nSPS) is 12.6. The molecule has 1 aliphatic carbocycles. The Morgan fingerprint density at radius 1 is 0.490 bits per heavy atom. The summed E-state index contributed by atoms with van der Waals surface area (Å²) in [7, 11) is 0. The van der Waals surface area contributed by atoms with Gasteiger partial charge in [-0.05, 0) is 92.2 Å². The van der Waals surface area contributed by atoms with Gasteiger partial charge in [0.15, 0.2) is 17.5 Å². The molecule has 5 nitrogen and oxygen atoms in total. The highest BCUT2D eigenvalue weighted by atomic mass is 15.0. The summed E-state index contributed by atoms with van der Waals surface area (Å²) in [6.07, 6.45) is 3.69. The van der Waals surface area contributed by atoms with Gasteiger partial charge in [0.2, 0.25) is 0 Å². The van der Waals surface area contributed by atoms with Crippen LogP contribution in [0, 0.1) is 11.3 Å². The van der Waals surface area contributed by atoms with Gasteiger partial charge in [-0.15, -0.1) is 0 Å². The highest BCUT2D eigenvalue weighted by Gasteiger charge is 2.37. The molecule has 5 heteroatoms. The Balaban J connectivity index is 1.31. The zero-order chi connectivity index (χ0) is 34.5. The first-order chi connectivity index (χ1) is 25.0. The molecule has 2 heterocycles. The van der Waals surface area contributed by atoms with E-state index in [0.717, 1.165) is 44.3 Å². The molecule has 8 aromatic rings. The van der Waals surface area contributed by atoms with E-state index in [2.05, 4.69) is 91.6 Å². The second-order valence-electron chi connectivity index (χ2n) is 13.5. The van der Waals surface area contributed by atoms with Crippen molar-refractivity contribution < 1.29 is 0 Å². The summed E-state index contributed by atoms with van der Waals surface area (Å²) in [6.45, 7) is 4.52. The molecule has 0 unspecified atom stereocenters. The van der Waals surface area contributed by atoms with Crippen molar-refractivity contribution in [1.82, 2.24) is 19.9 Å². The third-order valence-electron chi connectivity index (χ3n) is 10.0. The first kappa shape index (κ1) is 30.3. The molecule has 1 aliphatic rings.